The minimum Gasteiger partial charge on any atom is -0.461 e. The molecule has 2 aromatic rings. The molecule has 31 heavy (non-hydrogen) atoms. The minimum atomic E-state index is -0.537. The molecule has 0 aliphatic heterocycles. The molecule has 10 heteroatoms. The molecular weight excluding hydrogens is 408 g/mol. The first kappa shape index (κ1) is 23.5. The fourth-order valence-corrected chi connectivity index (χ4v) is 2.73. The van der Waals surface area contributed by atoms with Crippen molar-refractivity contribution in [1.29, 1.82) is 0 Å². The second kappa shape index (κ2) is 10.8. The summed E-state index contributed by atoms with van der Waals surface area (Å²) in [6, 6.07) is 9.16. The van der Waals surface area contributed by atoms with E-state index in [9.17, 15) is 29.8 Å². The number of carbonyl (C=O) groups is 2. The summed E-state index contributed by atoms with van der Waals surface area (Å²) in [4.78, 5) is 44.5. The first-order chi connectivity index (χ1) is 14.7. The summed E-state index contributed by atoms with van der Waals surface area (Å²) < 4.78 is 10.2. The molecule has 0 aliphatic rings. The van der Waals surface area contributed by atoms with Crippen LogP contribution in [-0.4, -0.2) is 21.8 Å². The van der Waals surface area contributed by atoms with Crippen molar-refractivity contribution in [1.82, 2.24) is 0 Å². The van der Waals surface area contributed by atoms with Crippen LogP contribution in [0.5, 0.6) is 0 Å². The van der Waals surface area contributed by atoms with Crippen LogP contribution in [0.2, 0.25) is 0 Å². The van der Waals surface area contributed by atoms with E-state index in [-0.39, 0.29) is 43.9 Å². The maximum atomic E-state index is 11.8. The Morgan fingerprint density at radius 1 is 0.774 bits per heavy atom. The average molecular weight is 430 g/mol. The largest absolute Gasteiger partial charge is 0.461 e. The Balaban J connectivity index is 1.72. The van der Waals surface area contributed by atoms with E-state index in [1.54, 1.807) is 38.1 Å². The zero-order valence-electron chi connectivity index (χ0n) is 17.2. The van der Waals surface area contributed by atoms with Gasteiger partial charge in [-0.05, 0) is 31.4 Å². The Labute approximate surface area is 178 Å². The molecule has 0 radical (unpaired) electrons. The van der Waals surface area contributed by atoms with Gasteiger partial charge in [0.15, 0.2) is 0 Å². The van der Waals surface area contributed by atoms with Crippen molar-refractivity contribution < 1.29 is 28.9 Å². The van der Waals surface area contributed by atoms with Gasteiger partial charge in [-0.1, -0.05) is 24.3 Å². The SMILES string of the molecule is Cc1ccc(COC(=O)CCCC(=O)OCc2ccc(C)c([N+](=O)[O-])c2)cc1[N+](=O)[O-]. The van der Waals surface area contributed by atoms with Gasteiger partial charge in [0.05, 0.1) is 9.85 Å². The summed E-state index contributed by atoms with van der Waals surface area (Å²) >= 11 is 0. The van der Waals surface area contributed by atoms with Crippen molar-refractivity contribution in [3.8, 4) is 0 Å². The van der Waals surface area contributed by atoms with Crippen LogP contribution in [0.4, 0.5) is 11.4 Å². The first-order valence-corrected chi connectivity index (χ1v) is 9.46. The molecule has 0 spiro atoms. The van der Waals surface area contributed by atoms with Crippen LogP contribution in [-0.2, 0) is 32.3 Å². The number of nitro groups is 2. The number of ether oxygens (including phenoxy) is 2. The molecule has 0 N–H and O–H groups in total. The van der Waals surface area contributed by atoms with E-state index in [2.05, 4.69) is 0 Å². The second-order valence-electron chi connectivity index (χ2n) is 6.93. The van der Waals surface area contributed by atoms with E-state index in [1.807, 2.05) is 0 Å². The van der Waals surface area contributed by atoms with Gasteiger partial charge in [0, 0.05) is 36.1 Å². The molecule has 0 fully saturated rings. The highest BCUT2D eigenvalue weighted by atomic mass is 16.6. The molecule has 0 amide bonds. The van der Waals surface area contributed by atoms with Gasteiger partial charge < -0.3 is 9.47 Å². The van der Waals surface area contributed by atoms with Gasteiger partial charge in [-0.3, -0.25) is 29.8 Å². The molecule has 0 heterocycles. The third kappa shape index (κ3) is 7.18. The van der Waals surface area contributed by atoms with Crippen molar-refractivity contribution in [2.45, 2.75) is 46.3 Å². The number of aryl methyl sites for hydroxylation is 2. The predicted molar refractivity (Wildman–Crippen MR) is 109 cm³/mol. The molecule has 164 valence electrons. The molecule has 0 bridgehead atoms. The summed E-state index contributed by atoms with van der Waals surface area (Å²) in [6.07, 6.45) is 0.178. The van der Waals surface area contributed by atoms with Gasteiger partial charge in [0.2, 0.25) is 0 Å². The average Bonchev–Trinajstić information content (AvgIpc) is 2.72. The van der Waals surface area contributed by atoms with E-state index < -0.39 is 21.8 Å². The van der Waals surface area contributed by atoms with Crippen molar-refractivity contribution >= 4 is 23.3 Å². The number of nitrogens with zero attached hydrogens (tertiary/aromatic N) is 2. The lowest BCUT2D eigenvalue weighted by atomic mass is 10.1. The van der Waals surface area contributed by atoms with Crippen LogP contribution < -0.4 is 0 Å². The monoisotopic (exact) mass is 430 g/mol. The van der Waals surface area contributed by atoms with Gasteiger partial charge in [-0.25, -0.2) is 0 Å². The van der Waals surface area contributed by atoms with Crippen molar-refractivity contribution in [2.75, 3.05) is 0 Å². The molecule has 0 aliphatic carbocycles. The summed E-state index contributed by atoms with van der Waals surface area (Å²) in [7, 11) is 0. The van der Waals surface area contributed by atoms with Crippen LogP contribution in [0.25, 0.3) is 0 Å². The lowest BCUT2D eigenvalue weighted by Crippen LogP contribution is -2.08. The summed E-state index contributed by atoms with van der Waals surface area (Å²) in [6.45, 7) is 3.04. The number of esters is 2. The van der Waals surface area contributed by atoms with E-state index in [0.717, 1.165) is 0 Å². The Hall–Kier alpha value is -3.82. The lowest BCUT2D eigenvalue weighted by molar-refractivity contribution is -0.385. The van der Waals surface area contributed by atoms with E-state index in [0.29, 0.717) is 22.3 Å². The molecule has 10 nitrogen and oxygen atoms in total. The van der Waals surface area contributed by atoms with Gasteiger partial charge in [-0.15, -0.1) is 0 Å². The maximum Gasteiger partial charge on any atom is 0.306 e. The molecule has 0 aromatic heterocycles. The van der Waals surface area contributed by atoms with Gasteiger partial charge in [0.1, 0.15) is 13.2 Å². The van der Waals surface area contributed by atoms with Crippen molar-refractivity contribution in [3.63, 3.8) is 0 Å². The van der Waals surface area contributed by atoms with Crippen molar-refractivity contribution in [3.05, 3.63) is 78.9 Å². The summed E-state index contributed by atoms with van der Waals surface area (Å²) in [5, 5.41) is 21.9. The van der Waals surface area contributed by atoms with E-state index in [1.165, 1.54) is 12.1 Å². The third-order valence-corrected chi connectivity index (χ3v) is 4.50. The zero-order valence-corrected chi connectivity index (χ0v) is 17.2. The van der Waals surface area contributed by atoms with Crippen LogP contribution in [0, 0.1) is 34.1 Å². The van der Waals surface area contributed by atoms with E-state index in [4.69, 9.17) is 9.47 Å². The molecule has 0 unspecified atom stereocenters. The molecule has 2 aromatic carbocycles. The fraction of sp³-hybridized carbons (Fsp3) is 0.333. The smallest absolute Gasteiger partial charge is 0.306 e. The Bertz CT molecular complexity index is 923. The zero-order chi connectivity index (χ0) is 23.0. The number of hydrogen-bond donors (Lipinski definition) is 0. The van der Waals surface area contributed by atoms with Crippen LogP contribution >= 0.6 is 0 Å². The number of rotatable bonds is 10. The van der Waals surface area contributed by atoms with Gasteiger partial charge in [-0.2, -0.15) is 0 Å². The Morgan fingerprint density at radius 3 is 1.52 bits per heavy atom. The topological polar surface area (TPSA) is 139 Å². The predicted octanol–water partition coefficient (Wildman–Crippen LogP) is 4.08. The van der Waals surface area contributed by atoms with Gasteiger partial charge >= 0.3 is 11.9 Å². The first-order valence-electron chi connectivity index (χ1n) is 9.46. The molecule has 0 saturated heterocycles. The molecule has 2 rings (SSSR count). The maximum absolute atomic E-state index is 11.8. The standard InChI is InChI=1S/C21H22N2O8/c1-14-6-8-16(10-18(14)22(26)27)12-30-20(24)4-3-5-21(25)31-13-17-9-7-15(2)19(11-17)23(28)29/h6-11H,3-5,12-13H2,1-2H3. The lowest BCUT2D eigenvalue weighted by Gasteiger charge is -2.07. The van der Waals surface area contributed by atoms with Crippen LogP contribution in [0.15, 0.2) is 36.4 Å². The second-order valence-corrected chi connectivity index (χ2v) is 6.93. The minimum absolute atomic E-state index is 0.0148. The molecular formula is C21H22N2O8. The molecule has 0 atom stereocenters. The number of nitro benzene ring substituents is 2. The van der Waals surface area contributed by atoms with Crippen LogP contribution in [0.3, 0.4) is 0 Å². The normalized spacial score (nSPS) is 10.4. The summed E-state index contributed by atoms with van der Waals surface area (Å²) in [5.74, 6) is -1.07. The third-order valence-electron chi connectivity index (χ3n) is 4.50. The Morgan fingerprint density at radius 2 is 1.16 bits per heavy atom. The highest BCUT2D eigenvalue weighted by molar-refractivity contribution is 5.72. The van der Waals surface area contributed by atoms with Crippen molar-refractivity contribution in [2.24, 2.45) is 0 Å². The number of hydrogen-bond acceptors (Lipinski definition) is 8. The van der Waals surface area contributed by atoms with Gasteiger partial charge in [0.25, 0.3) is 11.4 Å². The number of benzene rings is 2. The van der Waals surface area contributed by atoms with Crippen LogP contribution in [0.1, 0.15) is 41.5 Å². The molecule has 0 saturated carbocycles. The van der Waals surface area contributed by atoms with E-state index >= 15 is 0 Å². The highest BCUT2D eigenvalue weighted by Crippen LogP contribution is 2.21. The Kier molecular flexibility index (Phi) is 8.18. The quantitative estimate of drug-likeness (QED) is 0.312. The highest BCUT2D eigenvalue weighted by Gasteiger charge is 2.14. The summed E-state index contributed by atoms with van der Waals surface area (Å²) in [5.41, 5.74) is 1.93. The fourth-order valence-electron chi connectivity index (χ4n) is 2.73. The number of carbonyl (C=O) groups excluding carboxylic acids is 2.